The van der Waals surface area contributed by atoms with Gasteiger partial charge in [0.25, 0.3) is 0 Å². The molecule has 0 aromatic rings. The van der Waals surface area contributed by atoms with Crippen LogP contribution in [0.5, 0.6) is 0 Å². The summed E-state index contributed by atoms with van der Waals surface area (Å²) >= 11 is 0. The van der Waals surface area contributed by atoms with E-state index < -0.39 is 17.4 Å². The lowest BCUT2D eigenvalue weighted by molar-refractivity contribution is -0.148. The monoisotopic (exact) mass is 231 g/mol. The van der Waals surface area contributed by atoms with Crippen LogP contribution in [0.1, 0.15) is 19.8 Å². The third-order valence-electron chi connectivity index (χ3n) is 2.39. The first-order valence-electron chi connectivity index (χ1n) is 5.30. The number of hydrogen-bond acceptors (Lipinski definition) is 4. The van der Waals surface area contributed by atoms with Crippen LogP contribution in [0.2, 0.25) is 0 Å². The molecule has 2 N–H and O–H groups in total. The first-order chi connectivity index (χ1) is 7.60. The van der Waals surface area contributed by atoms with E-state index in [0.717, 1.165) is 6.42 Å². The van der Waals surface area contributed by atoms with Gasteiger partial charge in [-0.25, -0.2) is 4.79 Å². The maximum absolute atomic E-state index is 11.4. The second kappa shape index (κ2) is 5.81. The zero-order valence-electron chi connectivity index (χ0n) is 9.32. The molecule has 0 aromatic heterocycles. The molecule has 0 spiro atoms. The minimum absolute atomic E-state index is 0.0157. The fourth-order valence-corrected chi connectivity index (χ4v) is 1.50. The Labute approximate surface area is 93.9 Å². The smallest absolute Gasteiger partial charge is 0.331 e. The molecule has 0 aromatic carbocycles. The lowest BCUT2D eigenvalue weighted by Gasteiger charge is -2.23. The first-order valence-corrected chi connectivity index (χ1v) is 5.30. The Kier molecular flexibility index (Phi) is 4.70. The summed E-state index contributed by atoms with van der Waals surface area (Å²) in [5.74, 6) is -1.48. The third kappa shape index (κ3) is 3.18. The normalized spacial score (nSPS) is 24.3. The summed E-state index contributed by atoms with van der Waals surface area (Å²) in [5, 5.41) is 11.5. The molecule has 1 fully saturated rings. The molecule has 1 atom stereocenters. The Hall–Kier alpha value is -1.14. The summed E-state index contributed by atoms with van der Waals surface area (Å²) in [6.07, 6.45) is 1.11. The summed E-state index contributed by atoms with van der Waals surface area (Å²) < 4.78 is 10.0. The van der Waals surface area contributed by atoms with E-state index in [9.17, 15) is 9.59 Å². The highest BCUT2D eigenvalue weighted by atomic mass is 16.5. The van der Waals surface area contributed by atoms with Gasteiger partial charge in [0.2, 0.25) is 5.91 Å². The minimum atomic E-state index is -1.27. The number of carboxylic acid groups (broad SMARTS) is 1. The minimum Gasteiger partial charge on any atom is -0.479 e. The van der Waals surface area contributed by atoms with Gasteiger partial charge in [-0.3, -0.25) is 4.79 Å². The van der Waals surface area contributed by atoms with Crippen LogP contribution in [0.25, 0.3) is 0 Å². The van der Waals surface area contributed by atoms with Crippen molar-refractivity contribution in [3.05, 3.63) is 0 Å². The van der Waals surface area contributed by atoms with Crippen LogP contribution in [0.4, 0.5) is 0 Å². The van der Waals surface area contributed by atoms with Gasteiger partial charge in [0, 0.05) is 19.6 Å². The van der Waals surface area contributed by atoms with Crippen molar-refractivity contribution < 1.29 is 24.2 Å². The number of aliphatic carboxylic acids is 1. The molecule has 1 saturated heterocycles. The molecule has 6 nitrogen and oxygen atoms in total. The van der Waals surface area contributed by atoms with Crippen molar-refractivity contribution in [1.29, 1.82) is 0 Å². The molecule has 0 saturated carbocycles. The largest absolute Gasteiger partial charge is 0.479 e. The van der Waals surface area contributed by atoms with E-state index in [2.05, 4.69) is 5.32 Å². The van der Waals surface area contributed by atoms with Crippen molar-refractivity contribution in [2.24, 2.45) is 0 Å². The van der Waals surface area contributed by atoms with Crippen molar-refractivity contribution in [2.75, 3.05) is 26.4 Å². The Balaban J connectivity index is 2.43. The quantitative estimate of drug-likeness (QED) is 0.617. The average molecular weight is 231 g/mol. The Morgan fingerprint density at radius 2 is 2.31 bits per heavy atom. The van der Waals surface area contributed by atoms with Crippen LogP contribution in [0, 0.1) is 0 Å². The van der Waals surface area contributed by atoms with Gasteiger partial charge in [0.15, 0.2) is 5.54 Å². The van der Waals surface area contributed by atoms with E-state index in [-0.39, 0.29) is 13.2 Å². The fourth-order valence-electron chi connectivity index (χ4n) is 1.50. The molecule has 16 heavy (non-hydrogen) atoms. The van der Waals surface area contributed by atoms with Crippen molar-refractivity contribution >= 4 is 11.9 Å². The van der Waals surface area contributed by atoms with Crippen LogP contribution >= 0.6 is 0 Å². The SMILES string of the molecule is CCCOCC(=O)NC1(C(=O)O)CCOC1. The molecule has 1 heterocycles. The summed E-state index contributed by atoms with van der Waals surface area (Å²) in [6, 6.07) is 0. The molecule has 92 valence electrons. The van der Waals surface area contributed by atoms with Crippen LogP contribution < -0.4 is 5.32 Å². The Morgan fingerprint density at radius 3 is 2.81 bits per heavy atom. The van der Waals surface area contributed by atoms with E-state index in [0.29, 0.717) is 19.6 Å². The van der Waals surface area contributed by atoms with E-state index in [4.69, 9.17) is 14.6 Å². The maximum atomic E-state index is 11.4. The lowest BCUT2D eigenvalue weighted by atomic mass is 9.99. The second-order valence-electron chi connectivity index (χ2n) is 3.79. The highest BCUT2D eigenvalue weighted by molar-refractivity contribution is 5.87. The predicted molar refractivity (Wildman–Crippen MR) is 55.1 cm³/mol. The van der Waals surface area contributed by atoms with Crippen molar-refractivity contribution in [3.63, 3.8) is 0 Å². The van der Waals surface area contributed by atoms with Crippen LogP contribution in [0.15, 0.2) is 0 Å². The molecule has 1 aliphatic rings. The second-order valence-corrected chi connectivity index (χ2v) is 3.79. The van der Waals surface area contributed by atoms with Crippen LogP contribution in [0.3, 0.4) is 0 Å². The zero-order valence-corrected chi connectivity index (χ0v) is 9.32. The Bertz CT molecular complexity index is 260. The molecule has 1 amide bonds. The van der Waals surface area contributed by atoms with Crippen molar-refractivity contribution in [3.8, 4) is 0 Å². The number of carbonyl (C=O) groups is 2. The number of carbonyl (C=O) groups excluding carboxylic acids is 1. The zero-order chi connectivity index (χ0) is 12.0. The summed E-state index contributed by atoms with van der Waals surface area (Å²) in [6.45, 7) is 2.68. The number of amides is 1. The highest BCUT2D eigenvalue weighted by Crippen LogP contribution is 2.18. The average Bonchev–Trinajstić information content (AvgIpc) is 2.68. The van der Waals surface area contributed by atoms with E-state index in [1.54, 1.807) is 0 Å². The van der Waals surface area contributed by atoms with Gasteiger partial charge in [-0.05, 0) is 6.42 Å². The molecule has 1 rings (SSSR count). The molecular formula is C10H17NO5. The van der Waals surface area contributed by atoms with Crippen LogP contribution in [-0.4, -0.2) is 48.9 Å². The van der Waals surface area contributed by atoms with Gasteiger partial charge in [0.1, 0.15) is 6.61 Å². The molecule has 0 aliphatic carbocycles. The lowest BCUT2D eigenvalue weighted by Crippen LogP contribution is -2.56. The molecule has 1 unspecified atom stereocenters. The first kappa shape index (κ1) is 12.9. The molecule has 6 heteroatoms. The standard InChI is InChI=1S/C10H17NO5/c1-2-4-15-6-8(12)11-10(9(13)14)3-5-16-7-10/h2-7H2,1H3,(H,11,12)(H,13,14). The number of hydrogen-bond donors (Lipinski definition) is 2. The van der Waals surface area contributed by atoms with Gasteiger partial charge in [-0.2, -0.15) is 0 Å². The van der Waals surface area contributed by atoms with Crippen LogP contribution in [-0.2, 0) is 19.1 Å². The van der Waals surface area contributed by atoms with Crippen molar-refractivity contribution in [2.45, 2.75) is 25.3 Å². The maximum Gasteiger partial charge on any atom is 0.331 e. The predicted octanol–water partition coefficient (Wildman–Crippen LogP) is -0.227. The summed E-state index contributed by atoms with van der Waals surface area (Å²) in [5.41, 5.74) is -1.27. The van der Waals surface area contributed by atoms with Gasteiger partial charge < -0.3 is 19.9 Å². The van der Waals surface area contributed by atoms with E-state index in [1.165, 1.54) is 0 Å². The third-order valence-corrected chi connectivity index (χ3v) is 2.39. The van der Waals surface area contributed by atoms with E-state index >= 15 is 0 Å². The van der Waals surface area contributed by atoms with Gasteiger partial charge in [0.05, 0.1) is 6.61 Å². The Morgan fingerprint density at radius 1 is 1.56 bits per heavy atom. The molecule has 0 bridgehead atoms. The fraction of sp³-hybridized carbons (Fsp3) is 0.800. The highest BCUT2D eigenvalue weighted by Gasteiger charge is 2.43. The number of rotatable bonds is 6. The van der Waals surface area contributed by atoms with E-state index in [1.807, 2.05) is 6.92 Å². The summed E-state index contributed by atoms with van der Waals surface area (Å²) in [4.78, 5) is 22.5. The van der Waals surface area contributed by atoms with Gasteiger partial charge >= 0.3 is 5.97 Å². The van der Waals surface area contributed by atoms with Gasteiger partial charge in [-0.1, -0.05) is 6.92 Å². The number of carboxylic acids is 1. The number of ether oxygens (including phenoxy) is 2. The molecular weight excluding hydrogens is 214 g/mol. The molecule has 1 aliphatic heterocycles. The molecule has 0 radical (unpaired) electrons. The number of nitrogens with one attached hydrogen (secondary N) is 1. The summed E-state index contributed by atoms with van der Waals surface area (Å²) in [7, 11) is 0. The van der Waals surface area contributed by atoms with Crippen molar-refractivity contribution in [1.82, 2.24) is 5.32 Å². The van der Waals surface area contributed by atoms with Gasteiger partial charge in [-0.15, -0.1) is 0 Å². The topological polar surface area (TPSA) is 84.9 Å².